The summed E-state index contributed by atoms with van der Waals surface area (Å²) >= 11 is 6.25. The van der Waals surface area contributed by atoms with Crippen LogP contribution in [0.1, 0.15) is 17.2 Å². The number of pyridine rings is 1. The summed E-state index contributed by atoms with van der Waals surface area (Å²) in [7, 11) is 1.71. The van der Waals surface area contributed by atoms with Gasteiger partial charge in [0, 0.05) is 35.7 Å². The highest BCUT2D eigenvalue weighted by Crippen LogP contribution is 2.30. The Morgan fingerprint density at radius 1 is 0.909 bits per heavy atom. The number of hydrogen-bond acceptors (Lipinski definition) is 2. The molecule has 0 N–H and O–H groups in total. The first-order valence-electron chi connectivity index (χ1n) is 7.07. The fourth-order valence-electron chi connectivity index (χ4n) is 2.53. The normalized spacial score (nSPS) is 12.1. The summed E-state index contributed by atoms with van der Waals surface area (Å²) in [6.07, 6.45) is 3.47. The molecule has 0 bridgehead atoms. The van der Waals surface area contributed by atoms with Crippen LogP contribution >= 0.6 is 11.6 Å². The Labute approximate surface area is 135 Å². The lowest BCUT2D eigenvalue weighted by atomic mass is 9.99. The fourth-order valence-corrected chi connectivity index (χ4v) is 2.77. The Morgan fingerprint density at radius 3 is 2.32 bits per heavy atom. The van der Waals surface area contributed by atoms with Crippen molar-refractivity contribution in [1.29, 1.82) is 0 Å². The zero-order valence-electron chi connectivity index (χ0n) is 12.2. The molecule has 110 valence electrons. The number of aromatic nitrogens is 1. The van der Waals surface area contributed by atoms with Crippen LogP contribution in [-0.4, -0.2) is 12.1 Å². The number of halogens is 1. The molecule has 0 amide bonds. The third-order valence-corrected chi connectivity index (χ3v) is 3.95. The second-order valence-corrected chi connectivity index (χ2v) is 5.41. The van der Waals surface area contributed by atoms with Crippen LogP contribution in [0, 0.1) is 0 Å². The van der Waals surface area contributed by atoms with Gasteiger partial charge in [0.15, 0.2) is 0 Å². The van der Waals surface area contributed by atoms with Gasteiger partial charge in [-0.3, -0.25) is 4.98 Å². The summed E-state index contributed by atoms with van der Waals surface area (Å²) in [5.41, 5.74) is 4.25. The van der Waals surface area contributed by atoms with Crippen LogP contribution in [0.5, 0.6) is 0 Å². The molecule has 0 spiro atoms. The van der Waals surface area contributed by atoms with Gasteiger partial charge in [-0.25, -0.2) is 0 Å². The van der Waals surface area contributed by atoms with E-state index in [1.807, 2.05) is 42.6 Å². The van der Waals surface area contributed by atoms with E-state index in [9.17, 15) is 0 Å². The van der Waals surface area contributed by atoms with Gasteiger partial charge >= 0.3 is 0 Å². The number of rotatable bonds is 4. The van der Waals surface area contributed by atoms with E-state index in [1.165, 1.54) is 0 Å². The third kappa shape index (κ3) is 3.03. The first-order chi connectivity index (χ1) is 10.8. The van der Waals surface area contributed by atoms with Gasteiger partial charge in [0.05, 0.1) is 0 Å². The molecule has 0 saturated heterocycles. The average Bonchev–Trinajstić information content (AvgIpc) is 2.58. The molecule has 22 heavy (non-hydrogen) atoms. The zero-order valence-corrected chi connectivity index (χ0v) is 13.0. The molecule has 1 atom stereocenters. The minimum absolute atomic E-state index is 0.117. The van der Waals surface area contributed by atoms with Crippen molar-refractivity contribution < 1.29 is 4.74 Å². The Kier molecular flexibility index (Phi) is 4.52. The van der Waals surface area contributed by atoms with Crippen LogP contribution in [0.15, 0.2) is 73.1 Å². The zero-order chi connectivity index (χ0) is 15.4. The molecule has 0 fully saturated rings. The van der Waals surface area contributed by atoms with Crippen LogP contribution in [0.2, 0.25) is 5.02 Å². The highest BCUT2D eigenvalue weighted by atomic mass is 35.5. The summed E-state index contributed by atoms with van der Waals surface area (Å²) in [4.78, 5) is 4.16. The summed E-state index contributed by atoms with van der Waals surface area (Å²) < 4.78 is 5.63. The molecular weight excluding hydrogens is 294 g/mol. The highest BCUT2D eigenvalue weighted by molar-refractivity contribution is 6.33. The molecule has 1 aromatic heterocycles. The number of ether oxygens (including phenoxy) is 1. The van der Waals surface area contributed by atoms with Crippen molar-refractivity contribution in [3.63, 3.8) is 0 Å². The number of hydrogen-bond donors (Lipinski definition) is 0. The summed E-state index contributed by atoms with van der Waals surface area (Å²) in [5, 5.41) is 0.755. The number of benzene rings is 2. The number of methoxy groups -OCH3 is 1. The van der Waals surface area contributed by atoms with Crippen LogP contribution in [0.4, 0.5) is 0 Å². The molecule has 0 radical (unpaired) electrons. The molecule has 2 nitrogen and oxygen atoms in total. The van der Waals surface area contributed by atoms with Crippen molar-refractivity contribution in [2.75, 3.05) is 7.11 Å². The molecule has 3 aromatic rings. The van der Waals surface area contributed by atoms with E-state index in [0.29, 0.717) is 0 Å². The Hall–Kier alpha value is -2.16. The summed E-state index contributed by atoms with van der Waals surface area (Å²) in [6, 6.07) is 20.1. The standard InChI is InChI=1S/C19H16ClNO/c1-22-19(16-5-4-12-21-13-16)15-10-8-14(9-11-15)17-6-2-3-7-18(17)20/h2-13,19H,1H3. The minimum atomic E-state index is -0.117. The van der Waals surface area contributed by atoms with E-state index in [0.717, 1.165) is 27.3 Å². The molecule has 0 aliphatic carbocycles. The van der Waals surface area contributed by atoms with E-state index in [1.54, 1.807) is 13.3 Å². The lowest BCUT2D eigenvalue weighted by Crippen LogP contribution is -2.03. The molecule has 0 saturated carbocycles. The topological polar surface area (TPSA) is 22.1 Å². The lowest BCUT2D eigenvalue weighted by molar-refractivity contribution is 0.136. The van der Waals surface area contributed by atoms with Gasteiger partial charge in [0.1, 0.15) is 6.10 Å². The molecule has 1 heterocycles. The maximum Gasteiger partial charge on any atom is 0.109 e. The van der Waals surface area contributed by atoms with Crippen molar-refractivity contribution in [3.8, 4) is 11.1 Å². The van der Waals surface area contributed by atoms with Gasteiger partial charge in [0.25, 0.3) is 0 Å². The summed E-state index contributed by atoms with van der Waals surface area (Å²) in [6.45, 7) is 0. The molecular formula is C19H16ClNO. The van der Waals surface area contributed by atoms with Crippen molar-refractivity contribution in [3.05, 3.63) is 89.2 Å². The number of nitrogens with zero attached hydrogens (tertiary/aromatic N) is 1. The second kappa shape index (κ2) is 6.73. The van der Waals surface area contributed by atoms with E-state index < -0.39 is 0 Å². The minimum Gasteiger partial charge on any atom is -0.372 e. The largest absolute Gasteiger partial charge is 0.372 e. The van der Waals surface area contributed by atoms with E-state index in [-0.39, 0.29) is 6.10 Å². The Bertz CT molecular complexity index is 741. The second-order valence-electron chi connectivity index (χ2n) is 5.00. The van der Waals surface area contributed by atoms with Crippen molar-refractivity contribution >= 4 is 11.6 Å². The molecule has 2 aromatic carbocycles. The van der Waals surface area contributed by atoms with Crippen molar-refractivity contribution in [2.24, 2.45) is 0 Å². The molecule has 3 heteroatoms. The van der Waals surface area contributed by atoms with E-state index in [2.05, 4.69) is 29.2 Å². The first kappa shape index (κ1) is 14.8. The molecule has 0 aliphatic rings. The van der Waals surface area contributed by atoms with Crippen molar-refractivity contribution in [1.82, 2.24) is 4.98 Å². The van der Waals surface area contributed by atoms with E-state index in [4.69, 9.17) is 16.3 Å². The maximum atomic E-state index is 6.25. The van der Waals surface area contributed by atoms with E-state index >= 15 is 0 Å². The van der Waals surface area contributed by atoms with Gasteiger partial charge in [-0.15, -0.1) is 0 Å². The quantitative estimate of drug-likeness (QED) is 0.666. The van der Waals surface area contributed by atoms with Gasteiger partial charge in [-0.2, -0.15) is 0 Å². The monoisotopic (exact) mass is 309 g/mol. The maximum absolute atomic E-state index is 6.25. The Balaban J connectivity index is 1.92. The average molecular weight is 310 g/mol. The van der Waals surface area contributed by atoms with Gasteiger partial charge in [-0.1, -0.05) is 60.1 Å². The predicted octanol–water partition coefficient (Wildman–Crippen LogP) is 5.14. The molecule has 0 aliphatic heterocycles. The highest BCUT2D eigenvalue weighted by Gasteiger charge is 2.13. The fraction of sp³-hybridized carbons (Fsp3) is 0.105. The third-order valence-electron chi connectivity index (χ3n) is 3.62. The van der Waals surface area contributed by atoms with Crippen LogP contribution in [0.25, 0.3) is 11.1 Å². The van der Waals surface area contributed by atoms with Crippen LogP contribution in [0.3, 0.4) is 0 Å². The molecule has 3 rings (SSSR count). The first-order valence-corrected chi connectivity index (χ1v) is 7.45. The van der Waals surface area contributed by atoms with Gasteiger partial charge in [-0.05, 0) is 23.3 Å². The van der Waals surface area contributed by atoms with Gasteiger partial charge < -0.3 is 4.74 Å². The predicted molar refractivity (Wildman–Crippen MR) is 90.0 cm³/mol. The van der Waals surface area contributed by atoms with Crippen LogP contribution < -0.4 is 0 Å². The van der Waals surface area contributed by atoms with Crippen LogP contribution in [-0.2, 0) is 4.74 Å². The van der Waals surface area contributed by atoms with Gasteiger partial charge in [0.2, 0.25) is 0 Å². The summed E-state index contributed by atoms with van der Waals surface area (Å²) in [5.74, 6) is 0. The SMILES string of the molecule is COC(c1ccc(-c2ccccc2Cl)cc1)c1cccnc1. The Morgan fingerprint density at radius 2 is 1.68 bits per heavy atom. The molecule has 1 unspecified atom stereocenters. The lowest BCUT2D eigenvalue weighted by Gasteiger charge is -2.16. The van der Waals surface area contributed by atoms with Crippen molar-refractivity contribution in [2.45, 2.75) is 6.10 Å². The smallest absolute Gasteiger partial charge is 0.109 e.